The summed E-state index contributed by atoms with van der Waals surface area (Å²) in [6, 6.07) is 109. The van der Waals surface area contributed by atoms with E-state index >= 15 is 0 Å². The van der Waals surface area contributed by atoms with Crippen molar-refractivity contribution < 1.29 is 4.42 Å². The van der Waals surface area contributed by atoms with Crippen LogP contribution >= 0.6 is 11.3 Å². The molecule has 93 heavy (non-hydrogen) atoms. The lowest BCUT2D eigenvalue weighted by Crippen LogP contribution is -2.03. The smallest absolute Gasteiger partial charge is 0.235 e. The molecule has 0 amide bonds. The third kappa shape index (κ3) is 8.52. The van der Waals surface area contributed by atoms with Crippen LogP contribution in [0.2, 0.25) is 0 Å². The monoisotopic (exact) mass is 1210 g/mol. The molecule has 0 aliphatic heterocycles. The second-order valence-corrected chi connectivity index (χ2v) is 24.7. The fraction of sp³-hybridized carbons (Fsp3) is 0. The molecule has 7 aromatic heterocycles. The molecular weight excluding hydrogens is 1160 g/mol. The van der Waals surface area contributed by atoms with Crippen LogP contribution in [-0.4, -0.2) is 33.6 Å². The number of furan rings is 1. The SMILES string of the molecule is c1ccc(-c2nc(-n3c4ccccc4c4cc(-c5cc6c(s5)c5ccccc5n6-c5ccccc5)ccc43)nc3c2ccc2ccccc23)cc1.c1ccc(-c2nc(-n3c4ccccc4c4cc(-c5cc6ccccc6o5)ccc43)nc3c2ccc2ccccc23)cc1. The lowest BCUT2D eigenvalue weighted by molar-refractivity contribution is 0.631. The van der Waals surface area contributed by atoms with Crippen LogP contribution in [0.5, 0.6) is 0 Å². The van der Waals surface area contributed by atoms with Crippen LogP contribution in [0.3, 0.4) is 0 Å². The Morgan fingerprint density at radius 3 is 1.27 bits per heavy atom. The van der Waals surface area contributed by atoms with E-state index in [-0.39, 0.29) is 0 Å². The molecule has 20 aromatic rings. The minimum absolute atomic E-state index is 0.653. The van der Waals surface area contributed by atoms with Gasteiger partial charge in [0.2, 0.25) is 11.9 Å². The van der Waals surface area contributed by atoms with Gasteiger partial charge in [-0.05, 0) is 107 Å². The molecule has 13 aromatic carbocycles. The van der Waals surface area contributed by atoms with Gasteiger partial charge in [0.15, 0.2) is 0 Å². The first kappa shape index (κ1) is 52.6. The summed E-state index contributed by atoms with van der Waals surface area (Å²) in [6.07, 6.45) is 0. The van der Waals surface area contributed by atoms with Crippen molar-refractivity contribution in [2.75, 3.05) is 0 Å². The van der Waals surface area contributed by atoms with E-state index < -0.39 is 0 Å². The van der Waals surface area contributed by atoms with E-state index in [9.17, 15) is 0 Å². The van der Waals surface area contributed by atoms with E-state index in [1.165, 1.54) is 48.0 Å². The van der Waals surface area contributed by atoms with Gasteiger partial charge in [-0.15, -0.1) is 11.3 Å². The molecule has 434 valence electrons. The third-order valence-electron chi connectivity index (χ3n) is 18.4. The van der Waals surface area contributed by atoms with Crippen molar-refractivity contribution in [3.05, 3.63) is 309 Å². The molecule has 0 aliphatic carbocycles. The van der Waals surface area contributed by atoms with Crippen LogP contribution in [0.1, 0.15) is 0 Å². The number of para-hydroxylation sites is 5. The van der Waals surface area contributed by atoms with Crippen LogP contribution < -0.4 is 0 Å². The molecule has 0 aliphatic rings. The summed E-state index contributed by atoms with van der Waals surface area (Å²) in [5, 5.41) is 13.7. The number of hydrogen-bond donors (Lipinski definition) is 0. The molecule has 0 saturated carbocycles. The largest absolute Gasteiger partial charge is 0.456 e. The molecule has 0 unspecified atom stereocenters. The maximum atomic E-state index is 6.23. The van der Waals surface area contributed by atoms with Crippen molar-refractivity contribution >= 4 is 130 Å². The number of hydrogen-bond acceptors (Lipinski definition) is 6. The molecule has 0 atom stereocenters. The van der Waals surface area contributed by atoms with Crippen molar-refractivity contribution in [1.82, 2.24) is 33.6 Å². The Kier molecular flexibility index (Phi) is 12.0. The van der Waals surface area contributed by atoms with E-state index in [4.69, 9.17) is 24.4 Å². The summed E-state index contributed by atoms with van der Waals surface area (Å²) in [7, 11) is 0. The quantitative estimate of drug-likeness (QED) is 0.149. The standard InChI is InChI=1S/C46H28N4S.C38H23N3O/c1-3-14-30(15-4-1)43-36-25-23-29-13-7-8-18-33(29)44(36)48-46(47-43)50-38-21-11-9-19-34(38)37-27-31(24-26-40(37)50)42-28-41-45(51-42)35-20-10-12-22-39(35)49(41)32-16-5-2-6-17-32;1-2-11-25(12-3-1)36-30-20-18-24-10-4-6-14-28(24)37(30)40-38(39-36)41-32-16-8-7-15-29(32)31-22-27(19-21-33(31)41)35-23-26-13-5-9-17-34(26)42-35/h1-28H;1-23H. The van der Waals surface area contributed by atoms with Crippen molar-refractivity contribution in [2.45, 2.75) is 0 Å². The minimum Gasteiger partial charge on any atom is -0.456 e. The second-order valence-electron chi connectivity index (χ2n) is 23.7. The number of thiophene rings is 1. The van der Waals surface area contributed by atoms with Gasteiger partial charge in [0.05, 0.1) is 60.2 Å². The maximum absolute atomic E-state index is 6.23. The minimum atomic E-state index is 0.653. The van der Waals surface area contributed by atoms with E-state index in [1.54, 1.807) is 0 Å². The second kappa shape index (κ2) is 21.2. The number of nitrogens with zero attached hydrogens (tertiary/aromatic N) is 7. The highest BCUT2D eigenvalue weighted by molar-refractivity contribution is 7.23. The van der Waals surface area contributed by atoms with Gasteiger partial charge in [-0.25, -0.2) is 19.9 Å². The average Bonchev–Trinajstić information content (AvgIpc) is 1.66. The zero-order valence-corrected chi connectivity index (χ0v) is 50.7. The lowest BCUT2D eigenvalue weighted by atomic mass is 10.0. The number of fused-ring (bicyclic) bond motifs is 16. The molecule has 0 saturated heterocycles. The summed E-state index contributed by atoms with van der Waals surface area (Å²) in [4.78, 5) is 22.5. The normalized spacial score (nSPS) is 11.9. The summed E-state index contributed by atoms with van der Waals surface area (Å²) >= 11 is 1.86. The van der Waals surface area contributed by atoms with E-state index in [0.717, 1.165) is 121 Å². The predicted molar refractivity (Wildman–Crippen MR) is 386 cm³/mol. The number of rotatable bonds is 7. The molecule has 0 radical (unpaired) electrons. The summed E-state index contributed by atoms with van der Waals surface area (Å²) in [6.45, 7) is 0. The van der Waals surface area contributed by atoms with E-state index in [1.807, 2.05) is 41.7 Å². The first-order valence-corrected chi connectivity index (χ1v) is 32.1. The fourth-order valence-electron chi connectivity index (χ4n) is 14.1. The van der Waals surface area contributed by atoms with Gasteiger partial charge in [-0.3, -0.25) is 9.13 Å². The summed E-state index contributed by atoms with van der Waals surface area (Å²) < 4.78 is 14.4. The highest BCUT2D eigenvalue weighted by atomic mass is 32.1. The Morgan fingerprint density at radius 2 is 0.710 bits per heavy atom. The van der Waals surface area contributed by atoms with Gasteiger partial charge in [0, 0.05) is 81.1 Å². The highest BCUT2D eigenvalue weighted by Crippen LogP contribution is 2.45. The molecule has 0 fully saturated rings. The molecule has 20 rings (SSSR count). The lowest BCUT2D eigenvalue weighted by Gasteiger charge is -2.13. The van der Waals surface area contributed by atoms with Crippen LogP contribution in [0.25, 0.3) is 181 Å². The first-order chi connectivity index (χ1) is 46.1. The molecule has 8 nitrogen and oxygen atoms in total. The van der Waals surface area contributed by atoms with Crippen molar-refractivity contribution in [1.29, 1.82) is 0 Å². The van der Waals surface area contributed by atoms with Gasteiger partial charge in [0.1, 0.15) is 11.3 Å². The zero-order valence-electron chi connectivity index (χ0n) is 49.9. The Balaban J connectivity index is 0.000000135. The Bertz CT molecular complexity index is 6340. The van der Waals surface area contributed by atoms with Crippen LogP contribution in [-0.2, 0) is 0 Å². The predicted octanol–water partition coefficient (Wildman–Crippen LogP) is 22.3. The van der Waals surface area contributed by atoms with Gasteiger partial charge in [-0.2, -0.15) is 0 Å². The van der Waals surface area contributed by atoms with Gasteiger partial charge >= 0.3 is 0 Å². The maximum Gasteiger partial charge on any atom is 0.235 e. The Labute approximate surface area is 536 Å². The van der Waals surface area contributed by atoms with E-state index in [2.05, 4.69) is 293 Å². The van der Waals surface area contributed by atoms with Crippen molar-refractivity contribution in [3.63, 3.8) is 0 Å². The van der Waals surface area contributed by atoms with E-state index in [0.29, 0.717) is 11.9 Å². The van der Waals surface area contributed by atoms with Crippen LogP contribution in [0.4, 0.5) is 0 Å². The fourth-order valence-corrected chi connectivity index (χ4v) is 15.2. The molecule has 0 bridgehead atoms. The zero-order chi connectivity index (χ0) is 61.1. The number of aromatic nitrogens is 7. The van der Waals surface area contributed by atoms with Crippen LogP contribution in [0.15, 0.2) is 314 Å². The summed E-state index contributed by atoms with van der Waals surface area (Å²) in [5.41, 5.74) is 16.9. The Morgan fingerprint density at radius 1 is 0.269 bits per heavy atom. The molecule has 7 heterocycles. The van der Waals surface area contributed by atoms with Crippen molar-refractivity contribution in [2.24, 2.45) is 0 Å². The molecule has 0 N–H and O–H groups in total. The van der Waals surface area contributed by atoms with Crippen molar-refractivity contribution in [3.8, 4) is 61.9 Å². The Hall–Kier alpha value is -12.3. The molecular formula is C84H51N7OS. The highest BCUT2D eigenvalue weighted by Gasteiger charge is 2.23. The number of benzene rings is 13. The average molecular weight is 1210 g/mol. The van der Waals surface area contributed by atoms with Gasteiger partial charge < -0.3 is 8.98 Å². The summed E-state index contributed by atoms with van der Waals surface area (Å²) in [5.74, 6) is 2.18. The third-order valence-corrected chi connectivity index (χ3v) is 19.6. The first-order valence-electron chi connectivity index (χ1n) is 31.3. The van der Waals surface area contributed by atoms with Crippen LogP contribution in [0, 0.1) is 0 Å². The van der Waals surface area contributed by atoms with Gasteiger partial charge in [-0.1, -0.05) is 218 Å². The van der Waals surface area contributed by atoms with Gasteiger partial charge in [0.25, 0.3) is 0 Å². The topological polar surface area (TPSA) is 79.5 Å². The molecule has 9 heteroatoms. The molecule has 0 spiro atoms.